The van der Waals surface area contributed by atoms with E-state index in [0.717, 1.165) is 21.5 Å². The van der Waals surface area contributed by atoms with Gasteiger partial charge in [0.1, 0.15) is 6.54 Å². The molecule has 1 amide bonds. The molecule has 0 saturated carbocycles. The maximum atomic E-state index is 13.6. The number of rotatable bonds is 7. The van der Waals surface area contributed by atoms with E-state index in [1.165, 1.54) is 12.4 Å². The molecule has 0 radical (unpaired) electrons. The van der Waals surface area contributed by atoms with E-state index in [0.29, 0.717) is 61.3 Å². The second-order valence-electron chi connectivity index (χ2n) is 14.8. The summed E-state index contributed by atoms with van der Waals surface area (Å²) in [6.45, 7) is 0.0134. The number of fused-ring (bicyclic) bond motifs is 6. The van der Waals surface area contributed by atoms with Gasteiger partial charge in [0.05, 0.1) is 32.9 Å². The van der Waals surface area contributed by atoms with Crippen molar-refractivity contribution in [1.29, 1.82) is 0 Å². The van der Waals surface area contributed by atoms with Crippen molar-refractivity contribution in [3.8, 4) is 23.0 Å². The average molecular weight is 854 g/mol. The number of ketones is 2. The number of amides is 1. The van der Waals surface area contributed by atoms with E-state index in [4.69, 9.17) is 30.5 Å². The van der Waals surface area contributed by atoms with Crippen molar-refractivity contribution < 1.29 is 33.3 Å². The molecule has 0 spiro atoms. The third-order valence-electron chi connectivity index (χ3n) is 10.9. The van der Waals surface area contributed by atoms with Crippen molar-refractivity contribution >= 4 is 78.1 Å². The molecule has 4 heterocycles. The molecule has 0 bridgehead atoms. The first-order valence-electron chi connectivity index (χ1n) is 19.7. The van der Waals surface area contributed by atoms with Gasteiger partial charge in [0.25, 0.3) is 0 Å². The van der Waals surface area contributed by atoms with Crippen LogP contribution in [0.15, 0.2) is 155 Å². The van der Waals surface area contributed by atoms with E-state index in [2.05, 4.69) is 10.3 Å². The minimum atomic E-state index is -0.444. The summed E-state index contributed by atoms with van der Waals surface area (Å²) in [7, 11) is 0. The van der Waals surface area contributed by atoms with E-state index in [1.54, 1.807) is 77.4 Å². The standard InChI is InChI=1S/C29H19ClN2O5.C21H13NO4/c30-20-7-9-21(10-8-20)31-27(33)15-32-14-23(28(34)19-6-5-17-3-1-2-4-18(17)11-19)29(35)22-12-25-26(13-24(22)32)37-16-36-25;23-20(14-6-5-12-3-1-2-4-13(12)7-14)16-10-22-17-9-19-18(25-11-26-19)8-15(17)21(16)24/h1-14H,15-16H2,(H,31,33);1-10H,11H2,(H,22,24). The second-order valence-corrected chi connectivity index (χ2v) is 15.3. The van der Waals surface area contributed by atoms with Crippen molar-refractivity contribution in [1.82, 2.24) is 9.55 Å². The molecule has 9 aromatic rings. The molecule has 2 aliphatic heterocycles. The summed E-state index contributed by atoms with van der Waals surface area (Å²) in [5.74, 6) is 0.900. The Morgan fingerprint density at radius 1 is 0.587 bits per heavy atom. The lowest BCUT2D eigenvalue weighted by Gasteiger charge is -2.14. The van der Waals surface area contributed by atoms with Crippen LogP contribution in [0.2, 0.25) is 5.02 Å². The Morgan fingerprint density at radius 3 is 1.73 bits per heavy atom. The first-order chi connectivity index (χ1) is 30.7. The lowest BCUT2D eigenvalue weighted by Crippen LogP contribution is -2.24. The lowest BCUT2D eigenvalue weighted by molar-refractivity contribution is -0.116. The Hall–Kier alpha value is -8.22. The van der Waals surface area contributed by atoms with Crippen LogP contribution in [0.25, 0.3) is 43.4 Å². The summed E-state index contributed by atoms with van der Waals surface area (Å²) in [6, 6.07) is 39.5. The number of carbonyl (C=O) groups is 3. The van der Waals surface area contributed by atoms with Crippen molar-refractivity contribution in [3.05, 3.63) is 194 Å². The number of hydrogen-bond donors (Lipinski definition) is 2. The Balaban J connectivity index is 0.000000159. The summed E-state index contributed by atoms with van der Waals surface area (Å²) in [5, 5.41) is 7.91. The van der Waals surface area contributed by atoms with Crippen LogP contribution in [0.1, 0.15) is 31.8 Å². The zero-order valence-electron chi connectivity index (χ0n) is 33.0. The van der Waals surface area contributed by atoms with Crippen LogP contribution >= 0.6 is 11.6 Å². The first-order valence-corrected chi connectivity index (χ1v) is 20.1. The molecule has 2 aliphatic rings. The largest absolute Gasteiger partial charge is 0.454 e. The molecule has 63 heavy (non-hydrogen) atoms. The predicted molar refractivity (Wildman–Crippen MR) is 240 cm³/mol. The van der Waals surface area contributed by atoms with Crippen molar-refractivity contribution in [2.45, 2.75) is 6.54 Å². The van der Waals surface area contributed by atoms with Gasteiger partial charge in [-0.05, 0) is 70.1 Å². The van der Waals surface area contributed by atoms with Crippen LogP contribution < -0.4 is 35.1 Å². The van der Waals surface area contributed by atoms with Gasteiger partial charge in [-0.1, -0.05) is 84.4 Å². The number of pyridine rings is 2. The molecule has 0 unspecified atom stereocenters. The van der Waals surface area contributed by atoms with Crippen LogP contribution in [0.4, 0.5) is 5.69 Å². The number of hydrogen-bond acceptors (Lipinski definition) is 9. The molecular formula is C50H32ClN3O9. The van der Waals surface area contributed by atoms with Gasteiger partial charge in [0.15, 0.2) is 34.6 Å². The Bertz CT molecular complexity index is 3490. The quantitative estimate of drug-likeness (QED) is 0.150. The van der Waals surface area contributed by atoms with Crippen LogP contribution in [-0.2, 0) is 11.3 Å². The fourth-order valence-corrected chi connectivity index (χ4v) is 7.84. The molecule has 0 fully saturated rings. The number of aromatic nitrogens is 2. The SMILES string of the molecule is O=C(Cn1cc(C(=O)c2ccc3ccccc3c2)c(=O)c2cc3c(cc21)OCO3)Nc1ccc(Cl)cc1.O=C(c1ccc2ccccc2c1)c1c[nH]c2cc3c(cc2c1=O)OCO3. The van der Waals surface area contributed by atoms with Gasteiger partial charge in [-0.25, -0.2) is 0 Å². The number of aromatic amines is 1. The van der Waals surface area contributed by atoms with Crippen LogP contribution in [0.5, 0.6) is 23.0 Å². The van der Waals surface area contributed by atoms with Crippen LogP contribution in [0, 0.1) is 0 Å². The van der Waals surface area contributed by atoms with Gasteiger partial charge < -0.3 is 33.8 Å². The van der Waals surface area contributed by atoms with Gasteiger partial charge in [0.2, 0.25) is 30.4 Å². The summed E-state index contributed by atoms with van der Waals surface area (Å²) in [5.41, 5.74) is 1.79. The zero-order valence-corrected chi connectivity index (χ0v) is 33.7. The monoisotopic (exact) mass is 853 g/mol. The summed E-state index contributed by atoms with van der Waals surface area (Å²) >= 11 is 5.93. The highest BCUT2D eigenvalue weighted by molar-refractivity contribution is 6.30. The maximum Gasteiger partial charge on any atom is 0.244 e. The van der Waals surface area contributed by atoms with E-state index < -0.39 is 11.2 Å². The average Bonchev–Trinajstić information content (AvgIpc) is 3.98. The molecule has 0 atom stereocenters. The topological polar surface area (TPSA) is 155 Å². The van der Waals surface area contributed by atoms with Gasteiger partial charge in [-0.3, -0.25) is 24.0 Å². The van der Waals surface area contributed by atoms with Gasteiger partial charge in [0, 0.05) is 46.4 Å². The summed E-state index contributed by atoms with van der Waals surface area (Å²) in [4.78, 5) is 68.8. The number of nitrogens with one attached hydrogen (secondary N) is 2. The highest BCUT2D eigenvalue weighted by atomic mass is 35.5. The third kappa shape index (κ3) is 7.49. The normalized spacial score (nSPS) is 12.3. The number of carbonyl (C=O) groups excluding carboxylic acids is 3. The van der Waals surface area contributed by atoms with Crippen molar-refractivity contribution in [3.63, 3.8) is 0 Å². The molecular weight excluding hydrogens is 822 g/mol. The lowest BCUT2D eigenvalue weighted by atomic mass is 9.99. The fourth-order valence-electron chi connectivity index (χ4n) is 7.71. The molecule has 308 valence electrons. The van der Waals surface area contributed by atoms with E-state index in [9.17, 15) is 24.0 Å². The third-order valence-corrected chi connectivity index (χ3v) is 11.2. The number of halogens is 1. The number of anilines is 1. The van der Waals surface area contributed by atoms with Gasteiger partial charge in [-0.2, -0.15) is 0 Å². The predicted octanol–water partition coefficient (Wildman–Crippen LogP) is 9.05. The van der Waals surface area contributed by atoms with Crippen molar-refractivity contribution in [2.24, 2.45) is 0 Å². The Morgan fingerprint density at radius 2 is 1.11 bits per heavy atom. The number of nitrogens with zero attached hydrogens (tertiary/aromatic N) is 1. The number of benzene rings is 7. The van der Waals surface area contributed by atoms with E-state index >= 15 is 0 Å². The minimum Gasteiger partial charge on any atom is -0.454 e. The Kier molecular flexibility index (Phi) is 9.89. The molecule has 2 aromatic heterocycles. The molecule has 11 rings (SSSR count). The van der Waals surface area contributed by atoms with Crippen LogP contribution in [0.3, 0.4) is 0 Å². The summed E-state index contributed by atoms with van der Waals surface area (Å²) in [6.07, 6.45) is 2.90. The summed E-state index contributed by atoms with van der Waals surface area (Å²) < 4.78 is 23.2. The Labute approximate surface area is 361 Å². The molecule has 0 saturated heterocycles. The zero-order chi connectivity index (χ0) is 43.2. The minimum absolute atomic E-state index is 0.0276. The molecule has 0 aliphatic carbocycles. The molecule has 12 nitrogen and oxygen atoms in total. The highest BCUT2D eigenvalue weighted by Crippen LogP contribution is 2.36. The van der Waals surface area contributed by atoms with Gasteiger partial charge >= 0.3 is 0 Å². The first kappa shape index (κ1) is 38.9. The number of ether oxygens (including phenoxy) is 4. The van der Waals surface area contributed by atoms with E-state index in [-0.39, 0.29) is 53.8 Å². The number of H-pyrrole nitrogens is 1. The second kappa shape index (κ2) is 16.0. The van der Waals surface area contributed by atoms with Crippen LogP contribution in [-0.4, -0.2) is 40.6 Å². The van der Waals surface area contributed by atoms with Crippen molar-refractivity contribution in [2.75, 3.05) is 18.9 Å². The molecule has 2 N–H and O–H groups in total. The fraction of sp³-hybridized carbons (Fsp3) is 0.0600. The maximum absolute atomic E-state index is 13.6. The smallest absolute Gasteiger partial charge is 0.244 e. The van der Waals surface area contributed by atoms with Gasteiger partial charge in [-0.15, -0.1) is 0 Å². The molecule has 13 heteroatoms. The molecule has 7 aromatic carbocycles. The highest BCUT2D eigenvalue weighted by Gasteiger charge is 2.24. The van der Waals surface area contributed by atoms with E-state index in [1.807, 2.05) is 60.7 Å².